The average molecular weight is 281 g/mol. The highest BCUT2D eigenvalue weighted by Crippen LogP contribution is 2.16. The summed E-state index contributed by atoms with van der Waals surface area (Å²) in [5, 5.41) is 4.00. The molecule has 3 rings (SSSR count). The van der Waals surface area contributed by atoms with E-state index in [4.69, 9.17) is 10.3 Å². The maximum absolute atomic E-state index is 5.87. The Morgan fingerprint density at radius 2 is 2.11 bits per heavy atom. The topological polar surface area (TPSA) is 68.2 Å². The lowest BCUT2D eigenvalue weighted by molar-refractivity contribution is 0.265. The molecule has 2 aromatic rings. The molecule has 19 heavy (non-hydrogen) atoms. The molecule has 0 aliphatic carbocycles. The van der Waals surface area contributed by atoms with Crippen LogP contribution >= 0.6 is 12.4 Å². The number of likely N-dealkylation sites (tertiary alicyclic amines) is 1. The number of hydrogen-bond acceptors (Lipinski definition) is 5. The van der Waals surface area contributed by atoms with Crippen molar-refractivity contribution in [3.8, 4) is 11.4 Å². The summed E-state index contributed by atoms with van der Waals surface area (Å²) in [5.74, 6) is 1.30. The van der Waals surface area contributed by atoms with E-state index in [9.17, 15) is 0 Å². The van der Waals surface area contributed by atoms with E-state index in [0.29, 0.717) is 18.3 Å². The van der Waals surface area contributed by atoms with E-state index in [-0.39, 0.29) is 18.4 Å². The van der Waals surface area contributed by atoms with Gasteiger partial charge in [0.15, 0.2) is 0 Å². The van der Waals surface area contributed by atoms with Crippen molar-refractivity contribution in [3.63, 3.8) is 0 Å². The van der Waals surface area contributed by atoms with Crippen LogP contribution in [0.2, 0.25) is 0 Å². The first-order valence-corrected chi connectivity index (χ1v) is 6.17. The first kappa shape index (κ1) is 14.0. The summed E-state index contributed by atoms with van der Waals surface area (Å²) in [4.78, 5) is 6.65. The third kappa shape index (κ3) is 3.32. The van der Waals surface area contributed by atoms with Gasteiger partial charge in [0, 0.05) is 24.7 Å². The second kappa shape index (κ2) is 6.14. The SMILES string of the molecule is Cl.N[C@@H]1CCN(Cc2nc(-c3ccccc3)no2)C1. The standard InChI is InChI=1S/C13H16N4O.ClH/c14-11-6-7-17(8-11)9-12-15-13(16-18-12)10-4-2-1-3-5-10;/h1-5,11H,6-9,14H2;1H/t11-;/m1./s1. The van der Waals surface area contributed by atoms with Gasteiger partial charge in [-0.1, -0.05) is 35.5 Å². The summed E-state index contributed by atoms with van der Waals surface area (Å²) in [5.41, 5.74) is 6.84. The number of rotatable bonds is 3. The lowest BCUT2D eigenvalue weighted by Gasteiger charge is -2.10. The molecule has 0 unspecified atom stereocenters. The predicted molar refractivity (Wildman–Crippen MR) is 74.9 cm³/mol. The molecule has 1 aliphatic heterocycles. The van der Waals surface area contributed by atoms with Crippen LogP contribution in [0.3, 0.4) is 0 Å². The predicted octanol–water partition coefficient (Wildman–Crippen LogP) is 1.69. The van der Waals surface area contributed by atoms with E-state index in [1.165, 1.54) is 0 Å². The lowest BCUT2D eigenvalue weighted by Crippen LogP contribution is -2.26. The molecule has 2 heterocycles. The third-order valence-electron chi connectivity index (χ3n) is 3.17. The van der Waals surface area contributed by atoms with Crippen LogP contribution in [0.4, 0.5) is 0 Å². The monoisotopic (exact) mass is 280 g/mol. The van der Waals surface area contributed by atoms with Gasteiger partial charge < -0.3 is 10.3 Å². The molecule has 1 fully saturated rings. The second-order valence-corrected chi connectivity index (χ2v) is 4.66. The van der Waals surface area contributed by atoms with Gasteiger partial charge in [0.25, 0.3) is 0 Å². The molecule has 6 heteroatoms. The second-order valence-electron chi connectivity index (χ2n) is 4.66. The normalized spacial score (nSPS) is 19.3. The number of nitrogens with two attached hydrogens (primary N) is 1. The van der Waals surface area contributed by atoms with Gasteiger partial charge in [-0.05, 0) is 6.42 Å². The minimum atomic E-state index is 0. The van der Waals surface area contributed by atoms with Crippen molar-refractivity contribution >= 4 is 12.4 Å². The average Bonchev–Trinajstić information content (AvgIpc) is 3.01. The Morgan fingerprint density at radius 1 is 1.32 bits per heavy atom. The van der Waals surface area contributed by atoms with Crippen molar-refractivity contribution in [3.05, 3.63) is 36.2 Å². The van der Waals surface area contributed by atoms with E-state index in [0.717, 1.165) is 25.1 Å². The van der Waals surface area contributed by atoms with Crippen LogP contribution in [0, 0.1) is 0 Å². The largest absolute Gasteiger partial charge is 0.338 e. The van der Waals surface area contributed by atoms with Crippen molar-refractivity contribution < 1.29 is 4.52 Å². The maximum atomic E-state index is 5.87. The van der Waals surface area contributed by atoms with Crippen molar-refractivity contribution in [2.45, 2.75) is 19.0 Å². The maximum Gasteiger partial charge on any atom is 0.241 e. The fourth-order valence-electron chi connectivity index (χ4n) is 2.22. The first-order chi connectivity index (χ1) is 8.81. The molecule has 1 aromatic carbocycles. The molecule has 0 radical (unpaired) electrons. The zero-order valence-electron chi connectivity index (χ0n) is 10.5. The van der Waals surface area contributed by atoms with E-state index in [1.54, 1.807) is 0 Å². The Labute approximate surface area is 118 Å². The van der Waals surface area contributed by atoms with Crippen molar-refractivity contribution in [1.29, 1.82) is 0 Å². The van der Waals surface area contributed by atoms with Crippen LogP contribution in [-0.2, 0) is 6.54 Å². The smallest absolute Gasteiger partial charge is 0.241 e. The number of nitrogens with zero attached hydrogens (tertiary/aromatic N) is 3. The molecule has 5 nitrogen and oxygen atoms in total. The zero-order chi connectivity index (χ0) is 12.4. The summed E-state index contributed by atoms with van der Waals surface area (Å²) in [6.07, 6.45) is 1.04. The Balaban J connectivity index is 0.00000133. The highest BCUT2D eigenvalue weighted by molar-refractivity contribution is 5.85. The van der Waals surface area contributed by atoms with Crippen LogP contribution in [0.25, 0.3) is 11.4 Å². The van der Waals surface area contributed by atoms with Gasteiger partial charge in [0.1, 0.15) is 0 Å². The van der Waals surface area contributed by atoms with Crippen LogP contribution in [0.15, 0.2) is 34.9 Å². The molecule has 1 atom stereocenters. The molecular formula is C13H17ClN4O. The van der Waals surface area contributed by atoms with Gasteiger partial charge in [-0.3, -0.25) is 4.90 Å². The Bertz CT molecular complexity index is 516. The van der Waals surface area contributed by atoms with Crippen molar-refractivity contribution in [2.24, 2.45) is 5.73 Å². The van der Waals surface area contributed by atoms with Crippen molar-refractivity contribution in [1.82, 2.24) is 15.0 Å². The van der Waals surface area contributed by atoms with Gasteiger partial charge >= 0.3 is 0 Å². The zero-order valence-corrected chi connectivity index (χ0v) is 11.3. The van der Waals surface area contributed by atoms with Crippen LogP contribution < -0.4 is 5.73 Å². The van der Waals surface area contributed by atoms with E-state index in [1.807, 2.05) is 30.3 Å². The number of benzene rings is 1. The molecule has 102 valence electrons. The van der Waals surface area contributed by atoms with Crippen LogP contribution in [0.1, 0.15) is 12.3 Å². The summed E-state index contributed by atoms with van der Waals surface area (Å²) in [7, 11) is 0. The Kier molecular flexibility index (Phi) is 4.52. The third-order valence-corrected chi connectivity index (χ3v) is 3.17. The quantitative estimate of drug-likeness (QED) is 0.927. The van der Waals surface area contributed by atoms with Gasteiger partial charge in [0.05, 0.1) is 6.54 Å². The minimum Gasteiger partial charge on any atom is -0.338 e. The molecule has 1 aromatic heterocycles. The molecule has 2 N–H and O–H groups in total. The molecule has 1 aliphatic rings. The molecular weight excluding hydrogens is 264 g/mol. The highest BCUT2D eigenvalue weighted by Gasteiger charge is 2.21. The number of hydrogen-bond donors (Lipinski definition) is 1. The summed E-state index contributed by atoms with van der Waals surface area (Å²) in [6, 6.07) is 10.1. The molecule has 0 amide bonds. The fourth-order valence-corrected chi connectivity index (χ4v) is 2.22. The van der Waals surface area contributed by atoms with Gasteiger partial charge in [-0.2, -0.15) is 4.98 Å². The van der Waals surface area contributed by atoms with Gasteiger partial charge in [0.2, 0.25) is 11.7 Å². The van der Waals surface area contributed by atoms with E-state index < -0.39 is 0 Å². The lowest BCUT2D eigenvalue weighted by atomic mass is 10.2. The van der Waals surface area contributed by atoms with Crippen LogP contribution in [-0.4, -0.2) is 34.2 Å². The highest BCUT2D eigenvalue weighted by atomic mass is 35.5. The number of aromatic nitrogens is 2. The number of halogens is 1. The molecule has 0 bridgehead atoms. The van der Waals surface area contributed by atoms with Gasteiger partial charge in [-0.15, -0.1) is 12.4 Å². The minimum absolute atomic E-state index is 0. The summed E-state index contributed by atoms with van der Waals surface area (Å²) in [6.45, 7) is 2.60. The van der Waals surface area contributed by atoms with E-state index >= 15 is 0 Å². The first-order valence-electron chi connectivity index (χ1n) is 6.17. The van der Waals surface area contributed by atoms with E-state index in [2.05, 4.69) is 15.0 Å². The van der Waals surface area contributed by atoms with Gasteiger partial charge in [-0.25, -0.2) is 0 Å². The Hall–Kier alpha value is -1.43. The van der Waals surface area contributed by atoms with Crippen molar-refractivity contribution in [2.75, 3.05) is 13.1 Å². The molecule has 0 saturated carbocycles. The Morgan fingerprint density at radius 3 is 2.79 bits per heavy atom. The molecule has 1 saturated heterocycles. The van der Waals surface area contributed by atoms with Crippen LogP contribution in [0.5, 0.6) is 0 Å². The summed E-state index contributed by atoms with van der Waals surface area (Å²) < 4.78 is 5.27. The fraction of sp³-hybridized carbons (Fsp3) is 0.385. The summed E-state index contributed by atoms with van der Waals surface area (Å²) >= 11 is 0. The molecule has 0 spiro atoms.